The highest BCUT2D eigenvalue weighted by Crippen LogP contribution is 2.55. The molecule has 0 fully saturated rings. The van der Waals surface area contributed by atoms with Gasteiger partial charge in [0.2, 0.25) is 0 Å². The number of rotatable bonds is 2. The lowest BCUT2D eigenvalue weighted by Crippen LogP contribution is -2.61. The molecule has 0 aromatic heterocycles. The van der Waals surface area contributed by atoms with Gasteiger partial charge in [-0.1, -0.05) is 133 Å². The van der Waals surface area contributed by atoms with E-state index in [0.29, 0.717) is 0 Å². The molecule has 0 amide bonds. The quantitative estimate of drug-likeness (QED) is 0.162. The Morgan fingerprint density at radius 1 is 0.456 bits per heavy atom. The van der Waals surface area contributed by atoms with Crippen molar-refractivity contribution in [1.29, 1.82) is 0 Å². The first-order chi connectivity index (χ1) is 26.3. The van der Waals surface area contributed by atoms with Gasteiger partial charge in [-0.15, -0.1) is 0 Å². The summed E-state index contributed by atoms with van der Waals surface area (Å²) in [6.45, 7) is 38.3. The lowest BCUT2D eigenvalue weighted by atomic mass is 9.33. The average Bonchev–Trinajstić information content (AvgIpc) is 3.39. The lowest BCUT2D eigenvalue weighted by molar-refractivity contribution is 0.403. The number of benzene rings is 5. The Hall–Kier alpha value is -4.24. The minimum atomic E-state index is 0.0114. The van der Waals surface area contributed by atoms with Crippen LogP contribution in [0.3, 0.4) is 0 Å². The van der Waals surface area contributed by atoms with E-state index in [-0.39, 0.29) is 39.2 Å². The minimum Gasteiger partial charge on any atom is -0.311 e. The fraction of sp³-hybridized carbons (Fsp3) is 0.444. The van der Waals surface area contributed by atoms with Crippen molar-refractivity contribution in [3.63, 3.8) is 0 Å². The number of hydrogen-bond donors (Lipinski definition) is 0. The van der Waals surface area contributed by atoms with Crippen LogP contribution in [-0.4, -0.2) is 6.71 Å². The summed E-state index contributed by atoms with van der Waals surface area (Å²) < 4.78 is 0. The Labute approximate surface area is 345 Å². The van der Waals surface area contributed by atoms with Gasteiger partial charge in [0.05, 0.1) is 0 Å². The van der Waals surface area contributed by atoms with Crippen molar-refractivity contribution in [1.82, 2.24) is 0 Å². The van der Waals surface area contributed by atoms with Crippen LogP contribution in [-0.2, 0) is 32.5 Å². The average molecular weight is 753 g/mol. The smallest absolute Gasteiger partial charge is 0.252 e. The van der Waals surface area contributed by atoms with Crippen molar-refractivity contribution < 1.29 is 0 Å². The molecule has 0 saturated heterocycles. The van der Waals surface area contributed by atoms with Crippen LogP contribution in [0, 0.1) is 13.8 Å². The molecule has 2 aliphatic heterocycles. The molecule has 0 saturated carbocycles. The van der Waals surface area contributed by atoms with E-state index in [1.165, 1.54) is 95.0 Å². The van der Waals surface area contributed by atoms with E-state index in [0.717, 1.165) is 12.8 Å². The minimum absolute atomic E-state index is 0.0114. The largest absolute Gasteiger partial charge is 0.311 e. The summed E-state index contributed by atoms with van der Waals surface area (Å²) in [7, 11) is 0. The van der Waals surface area contributed by atoms with E-state index < -0.39 is 0 Å². The summed E-state index contributed by atoms with van der Waals surface area (Å²) in [6.07, 6.45) is 2.30. The van der Waals surface area contributed by atoms with Crippen LogP contribution < -0.4 is 26.2 Å². The van der Waals surface area contributed by atoms with Gasteiger partial charge in [-0.25, -0.2) is 0 Å². The van der Waals surface area contributed by atoms with Crippen molar-refractivity contribution in [2.45, 2.75) is 156 Å². The Bertz CT molecular complexity index is 2530. The van der Waals surface area contributed by atoms with Crippen LogP contribution >= 0.6 is 0 Å². The van der Waals surface area contributed by atoms with Gasteiger partial charge in [-0.2, -0.15) is 0 Å². The van der Waals surface area contributed by atoms with Crippen molar-refractivity contribution in [3.8, 4) is 0 Å². The summed E-state index contributed by atoms with van der Waals surface area (Å²) in [5.74, 6) is 0. The zero-order chi connectivity index (χ0) is 41.2. The first kappa shape index (κ1) is 38.3. The van der Waals surface area contributed by atoms with Gasteiger partial charge >= 0.3 is 0 Å². The first-order valence-corrected chi connectivity index (χ1v) is 21.6. The summed E-state index contributed by atoms with van der Waals surface area (Å²) in [5.41, 5.74) is 23.9. The van der Waals surface area contributed by atoms with E-state index in [9.17, 15) is 0 Å². The molecule has 0 bridgehead atoms. The van der Waals surface area contributed by atoms with E-state index in [1.807, 2.05) is 0 Å². The van der Waals surface area contributed by atoms with Gasteiger partial charge in [-0.3, -0.25) is 0 Å². The molecular weight excluding hydrogens is 687 g/mol. The molecule has 4 aliphatic rings. The fourth-order valence-electron chi connectivity index (χ4n) is 12.1. The van der Waals surface area contributed by atoms with Crippen molar-refractivity contribution in [2.75, 3.05) is 9.80 Å². The topological polar surface area (TPSA) is 6.48 Å². The summed E-state index contributed by atoms with van der Waals surface area (Å²) in [5, 5.41) is 0. The van der Waals surface area contributed by atoms with Crippen molar-refractivity contribution >= 4 is 57.2 Å². The number of nitrogens with zero attached hydrogens (tertiary/aromatic N) is 2. The van der Waals surface area contributed by atoms with Crippen molar-refractivity contribution in [3.05, 3.63) is 123 Å². The summed E-state index contributed by atoms with van der Waals surface area (Å²) >= 11 is 0. The second-order valence-corrected chi connectivity index (χ2v) is 23.2. The van der Waals surface area contributed by atoms with Gasteiger partial charge in [0.1, 0.15) is 0 Å². The molecule has 2 nitrogen and oxygen atoms in total. The molecule has 0 atom stereocenters. The molecule has 0 unspecified atom stereocenters. The highest BCUT2D eigenvalue weighted by molar-refractivity contribution is 7.00. The van der Waals surface area contributed by atoms with Gasteiger partial charge in [-0.05, 0) is 163 Å². The Morgan fingerprint density at radius 2 is 0.965 bits per heavy atom. The number of hydrogen-bond acceptors (Lipinski definition) is 2. The SMILES string of the molecule is Cc1cc2c3c(c1)N(c1ccc(C(C)(C)C)cc1C)c1cc(C(C)(C)C)ccc1B3c1cc3c(cc1N2c1ccc2c(c1)C(C)(C)CC2(C)C)C(C)(C)CC3(C)C. The monoisotopic (exact) mass is 753 g/mol. The van der Waals surface area contributed by atoms with Crippen LogP contribution in [0.5, 0.6) is 0 Å². The van der Waals surface area contributed by atoms with E-state index in [1.54, 1.807) is 0 Å². The van der Waals surface area contributed by atoms with Crippen molar-refractivity contribution in [2.24, 2.45) is 0 Å². The number of aryl methyl sites for hydroxylation is 2. The van der Waals surface area contributed by atoms with E-state index >= 15 is 0 Å². The summed E-state index contributed by atoms with van der Waals surface area (Å²) in [6, 6.07) is 32.3. The molecule has 0 N–H and O–H groups in total. The molecule has 5 aromatic rings. The maximum absolute atomic E-state index is 2.67. The Kier molecular flexibility index (Phi) is 7.86. The van der Waals surface area contributed by atoms with Crippen LogP contribution in [0.4, 0.5) is 34.1 Å². The van der Waals surface area contributed by atoms with Crippen LogP contribution in [0.2, 0.25) is 0 Å². The number of fused-ring (bicyclic) bond motifs is 6. The molecule has 57 heavy (non-hydrogen) atoms. The fourth-order valence-corrected chi connectivity index (χ4v) is 12.1. The lowest BCUT2D eigenvalue weighted by Gasteiger charge is -2.45. The normalized spacial score (nSPS) is 19.2. The third-order valence-corrected chi connectivity index (χ3v) is 14.5. The molecule has 2 heterocycles. The molecule has 294 valence electrons. The second kappa shape index (κ2) is 11.7. The molecule has 9 rings (SSSR count). The van der Waals surface area contributed by atoms with E-state index in [2.05, 4.69) is 199 Å². The van der Waals surface area contributed by atoms with Crippen LogP contribution in [0.25, 0.3) is 0 Å². The Morgan fingerprint density at radius 3 is 1.56 bits per heavy atom. The molecular formula is C54H65BN2. The predicted molar refractivity (Wildman–Crippen MR) is 249 cm³/mol. The molecule has 3 heteroatoms. The zero-order valence-electron chi connectivity index (χ0n) is 37.9. The predicted octanol–water partition coefficient (Wildman–Crippen LogP) is 12.9. The van der Waals surface area contributed by atoms with Gasteiger partial charge in [0.15, 0.2) is 0 Å². The van der Waals surface area contributed by atoms with Gasteiger partial charge in [0, 0.05) is 34.1 Å². The molecule has 0 radical (unpaired) electrons. The van der Waals surface area contributed by atoms with Crippen LogP contribution in [0.15, 0.2) is 78.9 Å². The Balaban J connectivity index is 1.39. The van der Waals surface area contributed by atoms with E-state index in [4.69, 9.17) is 0 Å². The number of anilines is 6. The third kappa shape index (κ3) is 5.64. The maximum Gasteiger partial charge on any atom is 0.252 e. The molecule has 2 aliphatic carbocycles. The summed E-state index contributed by atoms with van der Waals surface area (Å²) in [4.78, 5) is 5.30. The first-order valence-electron chi connectivity index (χ1n) is 21.6. The van der Waals surface area contributed by atoms with Gasteiger partial charge < -0.3 is 9.80 Å². The maximum atomic E-state index is 2.67. The highest BCUT2D eigenvalue weighted by Gasteiger charge is 2.49. The van der Waals surface area contributed by atoms with Gasteiger partial charge in [0.25, 0.3) is 6.71 Å². The zero-order valence-corrected chi connectivity index (χ0v) is 37.9. The molecule has 0 spiro atoms. The van der Waals surface area contributed by atoms with Crippen LogP contribution in [0.1, 0.15) is 154 Å². The molecule has 5 aromatic carbocycles. The highest BCUT2D eigenvalue weighted by atomic mass is 15.2. The third-order valence-electron chi connectivity index (χ3n) is 14.5. The second-order valence-electron chi connectivity index (χ2n) is 23.2. The standard InChI is InChI=1S/C54H65BN2/c1-32-23-46-48-47(24-32)57(43-22-18-34(25-33(43)2)49(3,4)5)44-26-35(50(6,7)8)17-21-41(44)55(48)42-28-39-40(54(15,16)31-53(39,13)14)29-45(42)56(46)36-19-20-37-38(27-36)52(11,12)30-51(37,9)10/h17-29H,30-31H2,1-16H3.